The van der Waals surface area contributed by atoms with Crippen LogP contribution >= 0.6 is 0 Å². The predicted octanol–water partition coefficient (Wildman–Crippen LogP) is 3.76. The van der Waals surface area contributed by atoms with E-state index in [-0.39, 0.29) is 29.6 Å². The molecule has 1 fully saturated rings. The molecule has 2 aromatic carbocycles. The Morgan fingerprint density at radius 3 is 2.73 bits per heavy atom. The lowest BCUT2D eigenvalue weighted by Crippen LogP contribution is -2.55. The minimum absolute atomic E-state index is 0.0231. The second-order valence-corrected chi connectivity index (χ2v) is 9.41. The van der Waals surface area contributed by atoms with Gasteiger partial charge in [-0.1, -0.05) is 30.8 Å². The number of rotatable bonds is 4. The predicted molar refractivity (Wildman–Crippen MR) is 127 cm³/mol. The van der Waals surface area contributed by atoms with Gasteiger partial charge in [0.25, 0.3) is 5.91 Å². The van der Waals surface area contributed by atoms with Crippen LogP contribution in [0.3, 0.4) is 0 Å². The molecule has 1 aliphatic carbocycles. The first-order chi connectivity index (χ1) is 16.0. The van der Waals surface area contributed by atoms with Gasteiger partial charge in [-0.05, 0) is 61.1 Å². The molecule has 0 atom stereocenters. The van der Waals surface area contributed by atoms with Gasteiger partial charge in [0.05, 0.1) is 5.54 Å². The first-order valence-electron chi connectivity index (χ1n) is 11.5. The van der Waals surface area contributed by atoms with Crippen LogP contribution in [0.5, 0.6) is 0 Å². The van der Waals surface area contributed by atoms with Crippen LogP contribution in [0.4, 0.5) is 5.69 Å². The third-order valence-corrected chi connectivity index (χ3v) is 7.55. The molecule has 0 bridgehead atoms. The fourth-order valence-corrected chi connectivity index (χ4v) is 5.61. The molecular formula is C27H25N3O3. The van der Waals surface area contributed by atoms with Crippen LogP contribution in [0.25, 0.3) is 10.9 Å². The van der Waals surface area contributed by atoms with Crippen molar-refractivity contribution in [3.63, 3.8) is 0 Å². The second-order valence-electron chi connectivity index (χ2n) is 9.41. The lowest BCUT2D eigenvalue weighted by molar-refractivity contribution is -0.114. The fraction of sp³-hybridized carbons (Fsp3) is 0.296. The third-order valence-electron chi connectivity index (χ3n) is 7.55. The van der Waals surface area contributed by atoms with Gasteiger partial charge in [-0.3, -0.25) is 14.4 Å². The zero-order valence-electron chi connectivity index (χ0n) is 18.4. The number of ketones is 1. The maximum absolute atomic E-state index is 13.2. The molecule has 1 saturated carbocycles. The maximum Gasteiger partial charge on any atom is 0.268 e. The van der Waals surface area contributed by atoms with Gasteiger partial charge < -0.3 is 14.8 Å². The van der Waals surface area contributed by atoms with Crippen molar-refractivity contribution < 1.29 is 14.4 Å². The molecule has 0 radical (unpaired) electrons. The van der Waals surface area contributed by atoms with Crippen molar-refractivity contribution >= 4 is 34.2 Å². The quantitative estimate of drug-likeness (QED) is 0.497. The number of Topliss-reactive ketones (excluding diaryl/α,β-unsaturated/α-hetero) is 1. The minimum atomic E-state index is -0.116. The Morgan fingerprint density at radius 2 is 1.97 bits per heavy atom. The van der Waals surface area contributed by atoms with E-state index in [1.807, 2.05) is 42.5 Å². The summed E-state index contributed by atoms with van der Waals surface area (Å²) in [6.07, 6.45) is 5.63. The van der Waals surface area contributed by atoms with Crippen LogP contribution in [0.1, 0.15) is 51.2 Å². The summed E-state index contributed by atoms with van der Waals surface area (Å²) in [5.74, 6) is -0.141. The molecule has 2 amide bonds. The van der Waals surface area contributed by atoms with Gasteiger partial charge in [-0.2, -0.15) is 0 Å². The van der Waals surface area contributed by atoms with E-state index in [0.717, 1.165) is 53.4 Å². The lowest BCUT2D eigenvalue weighted by Gasteiger charge is -2.47. The van der Waals surface area contributed by atoms with Crippen LogP contribution in [-0.4, -0.2) is 35.3 Å². The third kappa shape index (κ3) is 2.97. The summed E-state index contributed by atoms with van der Waals surface area (Å²) < 4.78 is 2.18. The number of fused-ring (bicyclic) bond motifs is 5. The van der Waals surface area contributed by atoms with E-state index in [4.69, 9.17) is 0 Å². The van der Waals surface area contributed by atoms with Crippen molar-refractivity contribution in [3.05, 3.63) is 77.5 Å². The number of aromatic nitrogens is 1. The highest BCUT2D eigenvalue weighted by Gasteiger charge is 2.44. The fourth-order valence-electron chi connectivity index (χ4n) is 5.61. The number of carbonyl (C=O) groups is 3. The number of carbonyl (C=O) groups excluding carboxylic acids is 3. The summed E-state index contributed by atoms with van der Waals surface area (Å²) >= 11 is 0. The Balaban J connectivity index is 1.33. The number of nitrogens with one attached hydrogen (secondary N) is 1. The van der Waals surface area contributed by atoms with Crippen molar-refractivity contribution in [2.75, 3.05) is 18.0 Å². The van der Waals surface area contributed by atoms with E-state index < -0.39 is 0 Å². The molecule has 1 N–H and O–H groups in total. The van der Waals surface area contributed by atoms with Gasteiger partial charge in [0.1, 0.15) is 5.69 Å². The highest BCUT2D eigenvalue weighted by molar-refractivity contribution is 6.05. The van der Waals surface area contributed by atoms with E-state index in [1.165, 1.54) is 6.08 Å². The number of amides is 2. The summed E-state index contributed by atoms with van der Waals surface area (Å²) in [5, 5.41) is 4.02. The van der Waals surface area contributed by atoms with Crippen molar-refractivity contribution in [2.24, 2.45) is 0 Å². The molecule has 1 spiro atoms. The summed E-state index contributed by atoms with van der Waals surface area (Å²) in [5.41, 5.74) is 5.10. The van der Waals surface area contributed by atoms with Crippen LogP contribution in [0.2, 0.25) is 0 Å². The van der Waals surface area contributed by atoms with E-state index in [2.05, 4.69) is 16.5 Å². The number of anilines is 1. The highest BCUT2D eigenvalue weighted by Crippen LogP contribution is 2.44. The van der Waals surface area contributed by atoms with Gasteiger partial charge in [0.15, 0.2) is 5.78 Å². The Morgan fingerprint density at radius 1 is 1.12 bits per heavy atom. The van der Waals surface area contributed by atoms with E-state index in [0.29, 0.717) is 24.3 Å². The number of benzene rings is 2. The maximum atomic E-state index is 13.2. The average molecular weight is 440 g/mol. The average Bonchev–Trinajstić information content (AvgIpc) is 3.39. The molecule has 33 heavy (non-hydrogen) atoms. The molecule has 3 aromatic rings. The lowest BCUT2D eigenvalue weighted by atomic mass is 9.75. The van der Waals surface area contributed by atoms with Crippen molar-refractivity contribution in [1.82, 2.24) is 9.88 Å². The monoisotopic (exact) mass is 439 g/mol. The van der Waals surface area contributed by atoms with E-state index in [9.17, 15) is 14.4 Å². The van der Waals surface area contributed by atoms with Gasteiger partial charge in [-0.15, -0.1) is 0 Å². The molecule has 6 rings (SSSR count). The summed E-state index contributed by atoms with van der Waals surface area (Å²) in [4.78, 5) is 39.6. The SMILES string of the molecule is C=CC(=O)N1CCc2ccc(CC(=O)c3ccc4cc5n(c4c3)C3(CCC3)CNC5=O)cc21. The first kappa shape index (κ1) is 20.0. The number of nitrogens with zero attached hydrogens (tertiary/aromatic N) is 2. The molecule has 1 aromatic heterocycles. The van der Waals surface area contributed by atoms with Crippen molar-refractivity contribution in [3.8, 4) is 0 Å². The zero-order chi connectivity index (χ0) is 22.7. The Kier molecular flexibility index (Phi) is 4.34. The van der Waals surface area contributed by atoms with Crippen LogP contribution < -0.4 is 10.2 Å². The standard InChI is InChI=1S/C27H25N3O3/c1-2-25(32)29-11-8-18-5-4-17(12-21(18)29)13-24(31)20-7-6-19-14-23-26(33)28-16-27(9-3-10-27)30(23)22(19)15-20/h2,4-7,12,14-15H,1,3,8-11,13,16H2,(H,28,33). The molecule has 166 valence electrons. The van der Waals surface area contributed by atoms with Gasteiger partial charge in [0.2, 0.25) is 5.91 Å². The highest BCUT2D eigenvalue weighted by atomic mass is 16.2. The summed E-state index contributed by atoms with van der Waals surface area (Å²) in [7, 11) is 0. The number of hydrogen-bond acceptors (Lipinski definition) is 3. The topological polar surface area (TPSA) is 71.4 Å². The number of hydrogen-bond donors (Lipinski definition) is 1. The van der Waals surface area contributed by atoms with Gasteiger partial charge in [0, 0.05) is 41.7 Å². The Labute approximate surface area is 191 Å². The van der Waals surface area contributed by atoms with E-state index in [1.54, 1.807) is 4.90 Å². The Hall–Kier alpha value is -3.67. The normalized spacial score (nSPS) is 17.9. The van der Waals surface area contributed by atoms with Crippen LogP contribution in [0.15, 0.2) is 55.1 Å². The molecule has 6 heteroatoms. The second kappa shape index (κ2) is 7.17. The molecule has 2 aliphatic heterocycles. The first-order valence-corrected chi connectivity index (χ1v) is 11.5. The minimum Gasteiger partial charge on any atom is -0.348 e. The Bertz CT molecular complexity index is 1360. The largest absolute Gasteiger partial charge is 0.348 e. The van der Waals surface area contributed by atoms with Crippen LogP contribution in [-0.2, 0) is 23.2 Å². The molecule has 3 heterocycles. The summed E-state index contributed by atoms with van der Waals surface area (Å²) in [6, 6.07) is 13.6. The smallest absolute Gasteiger partial charge is 0.268 e. The molecule has 6 nitrogen and oxygen atoms in total. The zero-order valence-corrected chi connectivity index (χ0v) is 18.4. The molecule has 0 saturated heterocycles. The van der Waals surface area contributed by atoms with Gasteiger partial charge >= 0.3 is 0 Å². The van der Waals surface area contributed by atoms with Gasteiger partial charge in [-0.25, -0.2) is 0 Å². The van der Waals surface area contributed by atoms with Crippen molar-refractivity contribution in [1.29, 1.82) is 0 Å². The molecule has 3 aliphatic rings. The summed E-state index contributed by atoms with van der Waals surface area (Å²) in [6.45, 7) is 4.88. The van der Waals surface area contributed by atoms with E-state index >= 15 is 0 Å². The molecular weight excluding hydrogens is 414 g/mol. The van der Waals surface area contributed by atoms with Crippen molar-refractivity contribution in [2.45, 2.75) is 37.6 Å². The van der Waals surface area contributed by atoms with Crippen LogP contribution in [0, 0.1) is 0 Å². The molecule has 0 unspecified atom stereocenters.